The van der Waals surface area contributed by atoms with Gasteiger partial charge in [-0.3, -0.25) is 0 Å². The van der Waals surface area contributed by atoms with Crippen LogP contribution in [0.3, 0.4) is 0 Å². The summed E-state index contributed by atoms with van der Waals surface area (Å²) in [6.07, 6.45) is 18.8. The summed E-state index contributed by atoms with van der Waals surface area (Å²) in [7, 11) is 0. The fraction of sp³-hybridized carbons (Fsp3) is 0.952. The Morgan fingerprint density at radius 3 is 1.68 bits per heavy atom. The van der Waals surface area contributed by atoms with Crippen molar-refractivity contribution in [3.8, 4) is 6.07 Å². The summed E-state index contributed by atoms with van der Waals surface area (Å²) in [6.45, 7) is 4.61. The summed E-state index contributed by atoms with van der Waals surface area (Å²) in [5.74, 6) is 2.85. The molecule has 0 radical (unpaired) electrons. The molecule has 0 atom stereocenters. The van der Waals surface area contributed by atoms with Gasteiger partial charge in [-0.25, -0.2) is 0 Å². The lowest BCUT2D eigenvalue weighted by Crippen LogP contribution is -2.27. The molecule has 2 aliphatic carbocycles. The van der Waals surface area contributed by atoms with Crippen LogP contribution in [0.5, 0.6) is 0 Å². The van der Waals surface area contributed by atoms with E-state index in [2.05, 4.69) is 19.9 Å². The SMILES string of the molecule is CCC[C@H]1CC[C@H](CC[C@]2(C#N)CC[C@H](CCC)CC2)CC1. The van der Waals surface area contributed by atoms with Gasteiger partial charge in [0, 0.05) is 0 Å². The van der Waals surface area contributed by atoms with E-state index in [1.807, 2.05) is 0 Å². The Labute approximate surface area is 138 Å². The molecule has 126 valence electrons. The summed E-state index contributed by atoms with van der Waals surface area (Å²) < 4.78 is 0. The zero-order valence-electron chi connectivity index (χ0n) is 15.1. The maximum absolute atomic E-state index is 9.75. The van der Waals surface area contributed by atoms with Crippen molar-refractivity contribution in [3.05, 3.63) is 0 Å². The highest BCUT2D eigenvalue weighted by Gasteiger charge is 2.35. The van der Waals surface area contributed by atoms with Crippen LogP contribution in [0.4, 0.5) is 0 Å². The van der Waals surface area contributed by atoms with Gasteiger partial charge < -0.3 is 0 Å². The molecule has 0 amide bonds. The molecule has 0 aromatic heterocycles. The van der Waals surface area contributed by atoms with Gasteiger partial charge >= 0.3 is 0 Å². The molecule has 2 saturated carbocycles. The summed E-state index contributed by atoms with van der Waals surface area (Å²) in [4.78, 5) is 0. The Morgan fingerprint density at radius 2 is 1.23 bits per heavy atom. The maximum atomic E-state index is 9.75. The van der Waals surface area contributed by atoms with Crippen LogP contribution in [0.15, 0.2) is 0 Å². The third-order valence-corrected chi connectivity index (χ3v) is 6.69. The average Bonchev–Trinajstić information content (AvgIpc) is 2.56. The standard InChI is InChI=1S/C21H37N/c1-3-5-18-7-9-20(10-8-18)13-16-21(17-22)14-11-19(6-4-2)12-15-21/h18-20H,3-16H2,1-2H3/t18-,19-,20-,21-. The van der Waals surface area contributed by atoms with E-state index in [-0.39, 0.29) is 5.41 Å². The monoisotopic (exact) mass is 303 g/mol. The topological polar surface area (TPSA) is 23.8 Å². The van der Waals surface area contributed by atoms with Gasteiger partial charge in [0.05, 0.1) is 11.5 Å². The van der Waals surface area contributed by atoms with Gasteiger partial charge in [0.25, 0.3) is 0 Å². The third kappa shape index (κ3) is 5.00. The van der Waals surface area contributed by atoms with Gasteiger partial charge in [0.15, 0.2) is 0 Å². The third-order valence-electron chi connectivity index (χ3n) is 6.69. The molecule has 0 aromatic carbocycles. The van der Waals surface area contributed by atoms with Crippen molar-refractivity contribution in [1.29, 1.82) is 5.26 Å². The Balaban J connectivity index is 1.72. The molecule has 1 nitrogen and oxygen atoms in total. The number of hydrogen-bond acceptors (Lipinski definition) is 1. The number of rotatable bonds is 7. The minimum atomic E-state index is 0.0461. The summed E-state index contributed by atoms with van der Waals surface area (Å²) in [6, 6.07) is 2.75. The minimum Gasteiger partial charge on any atom is -0.198 e. The lowest BCUT2D eigenvalue weighted by molar-refractivity contribution is 0.164. The summed E-state index contributed by atoms with van der Waals surface area (Å²) >= 11 is 0. The second-order valence-electron chi connectivity index (χ2n) is 8.34. The maximum Gasteiger partial charge on any atom is 0.0689 e. The van der Waals surface area contributed by atoms with Gasteiger partial charge in [-0.2, -0.15) is 5.26 Å². The highest BCUT2D eigenvalue weighted by Crippen LogP contribution is 2.45. The lowest BCUT2D eigenvalue weighted by atomic mass is 9.66. The Kier molecular flexibility index (Phi) is 7.26. The van der Waals surface area contributed by atoms with Gasteiger partial charge in [-0.05, 0) is 56.3 Å². The molecule has 0 aromatic rings. The molecule has 0 heterocycles. The van der Waals surface area contributed by atoms with Crippen LogP contribution < -0.4 is 0 Å². The highest BCUT2D eigenvalue weighted by molar-refractivity contribution is 5.01. The Bertz CT molecular complexity index is 337. The van der Waals surface area contributed by atoms with E-state index in [1.165, 1.54) is 89.9 Å². The molecule has 0 bridgehead atoms. The minimum absolute atomic E-state index is 0.0461. The quantitative estimate of drug-likeness (QED) is 0.503. The predicted octanol–water partition coefficient (Wildman–Crippen LogP) is 6.87. The predicted molar refractivity (Wildman–Crippen MR) is 94.5 cm³/mol. The van der Waals surface area contributed by atoms with Crippen molar-refractivity contribution in [2.24, 2.45) is 23.2 Å². The number of hydrogen-bond donors (Lipinski definition) is 0. The highest BCUT2D eigenvalue weighted by atomic mass is 14.4. The van der Waals surface area contributed by atoms with Crippen molar-refractivity contribution < 1.29 is 0 Å². The molecule has 0 unspecified atom stereocenters. The normalized spacial score (nSPS) is 36.0. The molecule has 0 N–H and O–H groups in total. The van der Waals surface area contributed by atoms with E-state index >= 15 is 0 Å². The number of nitrogens with zero attached hydrogens (tertiary/aromatic N) is 1. The largest absolute Gasteiger partial charge is 0.198 e. The first-order chi connectivity index (χ1) is 10.7. The van der Waals surface area contributed by atoms with E-state index in [9.17, 15) is 5.26 Å². The molecule has 0 spiro atoms. The van der Waals surface area contributed by atoms with E-state index in [0.717, 1.165) is 17.8 Å². The zero-order valence-corrected chi connectivity index (χ0v) is 15.1. The van der Waals surface area contributed by atoms with Crippen LogP contribution in [-0.4, -0.2) is 0 Å². The van der Waals surface area contributed by atoms with Crippen LogP contribution in [0.1, 0.15) is 104 Å². The van der Waals surface area contributed by atoms with Crippen LogP contribution in [-0.2, 0) is 0 Å². The van der Waals surface area contributed by atoms with E-state index in [0.29, 0.717) is 0 Å². The van der Waals surface area contributed by atoms with Crippen LogP contribution >= 0.6 is 0 Å². The van der Waals surface area contributed by atoms with E-state index in [4.69, 9.17) is 0 Å². The zero-order chi connectivity index (χ0) is 15.8. The average molecular weight is 304 g/mol. The lowest BCUT2D eigenvalue weighted by Gasteiger charge is -2.37. The van der Waals surface area contributed by atoms with Gasteiger partial charge in [-0.15, -0.1) is 0 Å². The molecule has 2 fully saturated rings. The first kappa shape index (κ1) is 17.8. The number of nitriles is 1. The molecule has 2 aliphatic rings. The van der Waals surface area contributed by atoms with E-state index in [1.54, 1.807) is 0 Å². The molecule has 22 heavy (non-hydrogen) atoms. The van der Waals surface area contributed by atoms with Gasteiger partial charge in [0.1, 0.15) is 0 Å². The first-order valence-electron chi connectivity index (χ1n) is 10.1. The van der Waals surface area contributed by atoms with E-state index < -0.39 is 0 Å². The smallest absolute Gasteiger partial charge is 0.0689 e. The Morgan fingerprint density at radius 1 is 0.773 bits per heavy atom. The van der Waals surface area contributed by atoms with Crippen molar-refractivity contribution in [2.45, 2.75) is 104 Å². The van der Waals surface area contributed by atoms with Gasteiger partial charge in [-0.1, -0.05) is 65.2 Å². The molecule has 2 rings (SSSR count). The van der Waals surface area contributed by atoms with Crippen molar-refractivity contribution in [1.82, 2.24) is 0 Å². The first-order valence-corrected chi connectivity index (χ1v) is 10.1. The molecular formula is C21H37N. The van der Waals surface area contributed by atoms with Crippen molar-refractivity contribution in [2.75, 3.05) is 0 Å². The van der Waals surface area contributed by atoms with Crippen molar-refractivity contribution >= 4 is 0 Å². The summed E-state index contributed by atoms with van der Waals surface area (Å²) in [5, 5.41) is 9.75. The second kappa shape index (κ2) is 8.95. The fourth-order valence-corrected chi connectivity index (χ4v) is 5.04. The molecule has 1 heteroatoms. The molecular weight excluding hydrogens is 266 g/mol. The molecule has 0 saturated heterocycles. The molecule has 0 aliphatic heterocycles. The van der Waals surface area contributed by atoms with Crippen LogP contribution in [0.2, 0.25) is 0 Å². The summed E-state index contributed by atoms with van der Waals surface area (Å²) in [5.41, 5.74) is 0.0461. The fourth-order valence-electron chi connectivity index (χ4n) is 5.04. The van der Waals surface area contributed by atoms with Crippen LogP contribution in [0, 0.1) is 34.5 Å². The Hall–Kier alpha value is -0.510. The second-order valence-corrected chi connectivity index (χ2v) is 8.34. The van der Waals surface area contributed by atoms with Crippen molar-refractivity contribution in [3.63, 3.8) is 0 Å². The van der Waals surface area contributed by atoms with Crippen LogP contribution in [0.25, 0.3) is 0 Å². The van der Waals surface area contributed by atoms with Gasteiger partial charge in [0.2, 0.25) is 0 Å².